The van der Waals surface area contributed by atoms with Crippen LogP contribution < -0.4 is 5.32 Å². The molecule has 1 amide bonds. The van der Waals surface area contributed by atoms with Crippen molar-refractivity contribution in [2.24, 2.45) is 5.92 Å². The third kappa shape index (κ3) is 2.08. The number of carbonyl (C=O) groups excluding carboxylic acids is 1. The minimum Gasteiger partial charge on any atom is -0.362 e. The second kappa shape index (κ2) is 4.87. The predicted molar refractivity (Wildman–Crippen MR) is 87.5 cm³/mol. The molecular formula is C19H20N2O. The summed E-state index contributed by atoms with van der Waals surface area (Å²) >= 11 is 0. The van der Waals surface area contributed by atoms with E-state index >= 15 is 0 Å². The van der Waals surface area contributed by atoms with Gasteiger partial charge in [-0.05, 0) is 37.5 Å². The highest BCUT2D eigenvalue weighted by molar-refractivity contribution is 6.02. The van der Waals surface area contributed by atoms with Crippen LogP contribution in [0.2, 0.25) is 0 Å². The number of carbonyl (C=O) groups is 1. The molecule has 112 valence electrons. The molecule has 0 aromatic heterocycles. The number of hydrogen-bond acceptors (Lipinski definition) is 2. The number of anilines is 1. The topological polar surface area (TPSA) is 32.3 Å². The predicted octanol–water partition coefficient (Wildman–Crippen LogP) is 3.88. The highest BCUT2D eigenvalue weighted by atomic mass is 16.2. The van der Waals surface area contributed by atoms with E-state index in [9.17, 15) is 4.79 Å². The third-order valence-corrected chi connectivity index (χ3v) is 4.91. The van der Waals surface area contributed by atoms with Gasteiger partial charge in [0.15, 0.2) is 0 Å². The van der Waals surface area contributed by atoms with Crippen molar-refractivity contribution >= 4 is 11.6 Å². The number of hydrogen-bond donors (Lipinski definition) is 1. The summed E-state index contributed by atoms with van der Waals surface area (Å²) in [7, 11) is 0. The Morgan fingerprint density at radius 2 is 1.77 bits per heavy atom. The van der Waals surface area contributed by atoms with Crippen molar-refractivity contribution in [2.45, 2.75) is 32.0 Å². The van der Waals surface area contributed by atoms with Crippen molar-refractivity contribution < 1.29 is 4.79 Å². The van der Waals surface area contributed by atoms with Gasteiger partial charge < -0.3 is 10.2 Å². The molecule has 4 rings (SSSR count). The second-order valence-corrected chi connectivity index (χ2v) is 6.47. The molecule has 2 aromatic carbocycles. The Morgan fingerprint density at radius 3 is 2.50 bits per heavy atom. The number of benzene rings is 2. The number of amides is 1. The van der Waals surface area contributed by atoms with Crippen LogP contribution in [-0.2, 0) is 6.54 Å². The first-order valence-electron chi connectivity index (χ1n) is 7.91. The first-order chi connectivity index (χ1) is 10.7. The maximum Gasteiger partial charge on any atom is 0.258 e. The maximum atomic E-state index is 13.1. The van der Waals surface area contributed by atoms with E-state index in [1.165, 1.54) is 18.4 Å². The molecule has 1 saturated carbocycles. The largest absolute Gasteiger partial charge is 0.362 e. The van der Waals surface area contributed by atoms with E-state index in [1.807, 2.05) is 47.4 Å². The fraction of sp³-hybridized carbons (Fsp3) is 0.316. The lowest BCUT2D eigenvalue weighted by atomic mass is 9.95. The van der Waals surface area contributed by atoms with Crippen LogP contribution in [0.3, 0.4) is 0 Å². The summed E-state index contributed by atoms with van der Waals surface area (Å²) in [5.41, 5.74) is 2.62. The Morgan fingerprint density at radius 1 is 1.09 bits per heavy atom. The summed E-state index contributed by atoms with van der Waals surface area (Å²) in [5, 5.41) is 3.64. The molecule has 1 atom stereocenters. The minimum atomic E-state index is -0.290. The summed E-state index contributed by atoms with van der Waals surface area (Å²) in [6, 6.07) is 18.1. The minimum absolute atomic E-state index is 0.132. The summed E-state index contributed by atoms with van der Waals surface area (Å²) in [6.07, 6.45) is 2.37. The Hall–Kier alpha value is -2.29. The van der Waals surface area contributed by atoms with Gasteiger partial charge in [0.25, 0.3) is 5.91 Å². The van der Waals surface area contributed by atoms with Gasteiger partial charge >= 0.3 is 0 Å². The van der Waals surface area contributed by atoms with E-state index in [1.54, 1.807) is 0 Å². The average molecular weight is 292 g/mol. The number of nitrogens with one attached hydrogen (secondary N) is 1. The zero-order chi connectivity index (χ0) is 15.2. The lowest BCUT2D eigenvalue weighted by molar-refractivity contribution is 0.0464. The molecular weight excluding hydrogens is 272 g/mol. The second-order valence-electron chi connectivity index (χ2n) is 6.47. The Balaban J connectivity index is 1.75. The smallest absolute Gasteiger partial charge is 0.258 e. The number of fused-ring (bicyclic) bond motifs is 1. The average Bonchev–Trinajstić information content (AvgIpc) is 3.38. The van der Waals surface area contributed by atoms with E-state index in [4.69, 9.17) is 0 Å². The van der Waals surface area contributed by atoms with Gasteiger partial charge in [-0.1, -0.05) is 42.5 Å². The van der Waals surface area contributed by atoms with Crippen LogP contribution >= 0.6 is 0 Å². The number of nitrogens with zero attached hydrogens (tertiary/aromatic N) is 1. The maximum absolute atomic E-state index is 13.1. The van der Waals surface area contributed by atoms with Crippen LogP contribution in [-0.4, -0.2) is 16.5 Å². The lowest BCUT2D eigenvalue weighted by Gasteiger charge is -2.47. The number of rotatable bonds is 3. The monoisotopic (exact) mass is 292 g/mol. The van der Waals surface area contributed by atoms with Crippen LogP contribution in [0.5, 0.6) is 0 Å². The van der Waals surface area contributed by atoms with Gasteiger partial charge in [0.05, 0.1) is 5.56 Å². The van der Waals surface area contributed by atoms with Gasteiger partial charge in [-0.2, -0.15) is 0 Å². The molecule has 2 aromatic rings. The third-order valence-electron chi connectivity index (χ3n) is 4.91. The van der Waals surface area contributed by atoms with Gasteiger partial charge in [0.1, 0.15) is 5.66 Å². The van der Waals surface area contributed by atoms with Crippen LogP contribution in [0.15, 0.2) is 54.6 Å². The van der Waals surface area contributed by atoms with Crippen molar-refractivity contribution in [3.63, 3.8) is 0 Å². The van der Waals surface area contributed by atoms with Gasteiger partial charge in [-0.15, -0.1) is 0 Å². The highest BCUT2D eigenvalue weighted by Gasteiger charge is 2.50. The molecule has 3 heteroatoms. The van der Waals surface area contributed by atoms with E-state index in [2.05, 4.69) is 24.4 Å². The summed E-state index contributed by atoms with van der Waals surface area (Å²) in [5.74, 6) is 0.668. The van der Waals surface area contributed by atoms with E-state index in [-0.39, 0.29) is 11.6 Å². The van der Waals surface area contributed by atoms with Crippen LogP contribution in [0.1, 0.15) is 35.7 Å². The molecule has 1 heterocycles. The van der Waals surface area contributed by atoms with Gasteiger partial charge in [0, 0.05) is 18.2 Å². The van der Waals surface area contributed by atoms with E-state index < -0.39 is 0 Å². The molecule has 0 spiro atoms. The molecule has 2 aliphatic rings. The fourth-order valence-corrected chi connectivity index (χ4v) is 3.45. The molecule has 1 aliphatic carbocycles. The van der Waals surface area contributed by atoms with Crippen LogP contribution in [0.4, 0.5) is 5.69 Å². The van der Waals surface area contributed by atoms with E-state index in [0.717, 1.165) is 11.3 Å². The van der Waals surface area contributed by atoms with Crippen molar-refractivity contribution in [3.05, 3.63) is 65.7 Å². The van der Waals surface area contributed by atoms with Crippen LogP contribution in [0, 0.1) is 5.92 Å². The lowest BCUT2D eigenvalue weighted by Crippen LogP contribution is -2.59. The molecule has 0 radical (unpaired) electrons. The van der Waals surface area contributed by atoms with Gasteiger partial charge in [-0.25, -0.2) is 0 Å². The summed E-state index contributed by atoms with van der Waals surface area (Å²) in [6.45, 7) is 2.81. The first kappa shape index (κ1) is 13.4. The summed E-state index contributed by atoms with van der Waals surface area (Å²) in [4.78, 5) is 15.1. The molecule has 1 N–H and O–H groups in total. The first-order valence-corrected chi connectivity index (χ1v) is 7.91. The van der Waals surface area contributed by atoms with Crippen molar-refractivity contribution in [1.82, 2.24) is 4.90 Å². The molecule has 1 aliphatic heterocycles. The zero-order valence-corrected chi connectivity index (χ0v) is 12.8. The Labute approximate surface area is 131 Å². The molecule has 0 saturated heterocycles. The van der Waals surface area contributed by atoms with Crippen LogP contribution in [0.25, 0.3) is 0 Å². The molecule has 3 nitrogen and oxygen atoms in total. The highest BCUT2D eigenvalue weighted by Crippen LogP contribution is 2.47. The summed E-state index contributed by atoms with van der Waals surface area (Å²) < 4.78 is 0. The normalized spacial score (nSPS) is 23.9. The molecule has 1 fully saturated rings. The quantitative estimate of drug-likeness (QED) is 0.931. The van der Waals surface area contributed by atoms with Gasteiger partial charge in [0.2, 0.25) is 0 Å². The van der Waals surface area contributed by atoms with Crippen molar-refractivity contribution in [3.8, 4) is 0 Å². The Bertz CT molecular complexity index is 708. The fourth-order valence-electron chi connectivity index (χ4n) is 3.45. The van der Waals surface area contributed by atoms with Gasteiger partial charge in [-0.3, -0.25) is 4.79 Å². The standard InChI is InChI=1S/C19H20N2O/c1-19(15-11-12-15)20-17-10-6-5-9-16(17)18(22)21(19)13-14-7-3-2-4-8-14/h2-10,15,20H,11-13H2,1H3. The molecule has 0 bridgehead atoms. The van der Waals surface area contributed by atoms with E-state index in [0.29, 0.717) is 12.5 Å². The Kier molecular flexibility index (Phi) is 2.96. The van der Waals surface area contributed by atoms with Crippen molar-refractivity contribution in [1.29, 1.82) is 0 Å². The number of para-hydroxylation sites is 1. The molecule has 22 heavy (non-hydrogen) atoms. The molecule has 1 unspecified atom stereocenters. The SMILES string of the molecule is CC1(C2CC2)Nc2ccccc2C(=O)N1Cc1ccccc1. The van der Waals surface area contributed by atoms with Crippen molar-refractivity contribution in [2.75, 3.05) is 5.32 Å². The zero-order valence-electron chi connectivity index (χ0n) is 12.8.